The van der Waals surface area contributed by atoms with Crippen LogP contribution < -0.4 is 5.32 Å². The molecule has 1 N–H and O–H groups in total. The molecule has 4 nitrogen and oxygen atoms in total. The van der Waals surface area contributed by atoms with Gasteiger partial charge >= 0.3 is 5.97 Å². The van der Waals surface area contributed by atoms with Gasteiger partial charge in [-0.3, -0.25) is 0 Å². The number of methoxy groups -OCH3 is 1. The normalized spacial score (nSPS) is 10.3. The van der Waals surface area contributed by atoms with E-state index in [2.05, 4.69) is 26.0 Å². The first-order valence-electron chi connectivity index (χ1n) is 5.45. The van der Waals surface area contributed by atoms with E-state index in [1.807, 2.05) is 12.1 Å². The molecule has 0 saturated carbocycles. The zero-order valence-corrected chi connectivity index (χ0v) is 12.4. The topological polar surface area (TPSA) is 51.5 Å². The van der Waals surface area contributed by atoms with Gasteiger partial charge in [0.25, 0.3) is 0 Å². The highest BCUT2D eigenvalue weighted by Crippen LogP contribution is 2.26. The Morgan fingerprint density at radius 3 is 3.00 bits per heavy atom. The SMILES string of the molecule is COC(=O)c1coc(CNc2cc(Br)ccc2Cl)c1. The molecular weight excluding hydrogens is 334 g/mol. The number of nitrogens with one attached hydrogen (secondary N) is 1. The number of furan rings is 1. The summed E-state index contributed by atoms with van der Waals surface area (Å²) in [5.74, 6) is 0.201. The molecule has 0 fully saturated rings. The summed E-state index contributed by atoms with van der Waals surface area (Å²) >= 11 is 9.42. The first-order chi connectivity index (χ1) is 9.10. The van der Waals surface area contributed by atoms with Gasteiger partial charge in [-0.2, -0.15) is 0 Å². The van der Waals surface area contributed by atoms with E-state index < -0.39 is 5.97 Å². The minimum Gasteiger partial charge on any atom is -0.467 e. The van der Waals surface area contributed by atoms with Crippen molar-refractivity contribution in [3.63, 3.8) is 0 Å². The fourth-order valence-electron chi connectivity index (χ4n) is 1.51. The molecule has 1 heterocycles. The fourth-order valence-corrected chi connectivity index (χ4v) is 2.06. The third-order valence-electron chi connectivity index (χ3n) is 2.46. The summed E-state index contributed by atoms with van der Waals surface area (Å²) in [6.45, 7) is 0.424. The van der Waals surface area contributed by atoms with Gasteiger partial charge in [-0.15, -0.1) is 0 Å². The molecule has 0 aliphatic heterocycles. The number of carbonyl (C=O) groups excluding carboxylic acids is 1. The number of halogens is 2. The van der Waals surface area contributed by atoms with Crippen LogP contribution in [0.4, 0.5) is 5.69 Å². The predicted molar refractivity (Wildman–Crippen MR) is 76.5 cm³/mol. The van der Waals surface area contributed by atoms with E-state index in [-0.39, 0.29) is 0 Å². The van der Waals surface area contributed by atoms with Crippen molar-refractivity contribution in [2.75, 3.05) is 12.4 Å². The molecule has 0 radical (unpaired) electrons. The van der Waals surface area contributed by atoms with E-state index in [0.717, 1.165) is 10.2 Å². The Morgan fingerprint density at radius 2 is 2.26 bits per heavy atom. The van der Waals surface area contributed by atoms with E-state index in [4.69, 9.17) is 16.0 Å². The second-order valence-corrected chi connectivity index (χ2v) is 5.09. The van der Waals surface area contributed by atoms with Crippen molar-refractivity contribution in [1.29, 1.82) is 0 Å². The smallest absolute Gasteiger partial charge is 0.341 e. The van der Waals surface area contributed by atoms with Gasteiger partial charge in [0.05, 0.1) is 29.9 Å². The molecule has 2 aromatic rings. The lowest BCUT2D eigenvalue weighted by molar-refractivity contribution is 0.0600. The molecule has 0 spiro atoms. The molecule has 6 heteroatoms. The Hall–Kier alpha value is -1.46. The summed E-state index contributed by atoms with van der Waals surface area (Å²) in [7, 11) is 1.33. The predicted octanol–water partition coefficient (Wildman–Crippen LogP) is 4.09. The highest BCUT2D eigenvalue weighted by Gasteiger charge is 2.10. The maximum atomic E-state index is 11.3. The molecule has 0 aliphatic carbocycles. The quantitative estimate of drug-likeness (QED) is 0.849. The van der Waals surface area contributed by atoms with Crippen LogP contribution in [0.1, 0.15) is 16.1 Å². The van der Waals surface area contributed by atoms with Crippen LogP contribution >= 0.6 is 27.5 Å². The summed E-state index contributed by atoms with van der Waals surface area (Å²) in [4.78, 5) is 11.3. The van der Waals surface area contributed by atoms with Gasteiger partial charge in [-0.05, 0) is 24.3 Å². The Bertz CT molecular complexity index is 597. The Labute approximate surface area is 123 Å². The summed E-state index contributed by atoms with van der Waals surface area (Å²) in [6, 6.07) is 7.14. The molecule has 0 bridgehead atoms. The lowest BCUT2D eigenvalue weighted by Crippen LogP contribution is -2.00. The van der Waals surface area contributed by atoms with E-state index in [0.29, 0.717) is 22.9 Å². The second-order valence-electron chi connectivity index (χ2n) is 3.77. The molecule has 0 amide bonds. The van der Waals surface area contributed by atoms with Crippen LogP contribution in [0, 0.1) is 0 Å². The third kappa shape index (κ3) is 3.52. The average molecular weight is 345 g/mol. The zero-order chi connectivity index (χ0) is 13.8. The van der Waals surface area contributed by atoms with E-state index in [9.17, 15) is 4.79 Å². The summed E-state index contributed by atoms with van der Waals surface area (Å²) in [6.07, 6.45) is 1.37. The lowest BCUT2D eigenvalue weighted by Gasteiger charge is -2.06. The number of anilines is 1. The molecule has 0 atom stereocenters. The summed E-state index contributed by atoms with van der Waals surface area (Å²) in [5, 5.41) is 3.75. The van der Waals surface area contributed by atoms with Gasteiger partial charge in [-0.25, -0.2) is 4.79 Å². The number of hydrogen-bond acceptors (Lipinski definition) is 4. The van der Waals surface area contributed by atoms with Crippen LogP contribution in [0.15, 0.2) is 39.4 Å². The van der Waals surface area contributed by atoms with Crippen LogP contribution in [-0.4, -0.2) is 13.1 Å². The Balaban J connectivity index is 2.04. The van der Waals surface area contributed by atoms with Crippen molar-refractivity contribution >= 4 is 39.2 Å². The molecule has 100 valence electrons. The van der Waals surface area contributed by atoms with E-state index in [1.54, 1.807) is 12.1 Å². The molecule has 2 rings (SSSR count). The van der Waals surface area contributed by atoms with Gasteiger partial charge in [0.1, 0.15) is 12.0 Å². The van der Waals surface area contributed by atoms with Crippen molar-refractivity contribution in [2.45, 2.75) is 6.54 Å². The van der Waals surface area contributed by atoms with Crippen LogP contribution in [0.25, 0.3) is 0 Å². The van der Waals surface area contributed by atoms with Crippen LogP contribution in [-0.2, 0) is 11.3 Å². The fraction of sp³-hybridized carbons (Fsp3) is 0.154. The molecule has 19 heavy (non-hydrogen) atoms. The number of hydrogen-bond donors (Lipinski definition) is 1. The van der Waals surface area contributed by atoms with Gasteiger partial charge in [-0.1, -0.05) is 27.5 Å². The highest BCUT2D eigenvalue weighted by molar-refractivity contribution is 9.10. The zero-order valence-electron chi connectivity index (χ0n) is 10.1. The van der Waals surface area contributed by atoms with Gasteiger partial charge < -0.3 is 14.5 Å². The standard InChI is InChI=1S/C13H11BrClNO3/c1-18-13(17)8-4-10(19-7-8)6-16-12-5-9(14)2-3-11(12)15/h2-5,7,16H,6H2,1H3. The maximum absolute atomic E-state index is 11.3. The van der Waals surface area contributed by atoms with Crippen molar-refractivity contribution in [1.82, 2.24) is 0 Å². The maximum Gasteiger partial charge on any atom is 0.341 e. The third-order valence-corrected chi connectivity index (χ3v) is 3.28. The van der Waals surface area contributed by atoms with Crippen molar-refractivity contribution in [3.8, 4) is 0 Å². The molecule has 1 aromatic carbocycles. The molecule has 1 aromatic heterocycles. The molecule has 0 saturated heterocycles. The van der Waals surface area contributed by atoms with Gasteiger partial charge in [0, 0.05) is 4.47 Å². The van der Waals surface area contributed by atoms with E-state index in [1.165, 1.54) is 13.4 Å². The number of benzene rings is 1. The number of esters is 1. The first-order valence-corrected chi connectivity index (χ1v) is 6.62. The Morgan fingerprint density at radius 1 is 1.47 bits per heavy atom. The number of carbonyl (C=O) groups is 1. The van der Waals surface area contributed by atoms with Crippen molar-refractivity contribution < 1.29 is 13.9 Å². The van der Waals surface area contributed by atoms with Crippen molar-refractivity contribution in [3.05, 3.63) is 51.3 Å². The molecule has 0 aliphatic rings. The van der Waals surface area contributed by atoms with Gasteiger partial charge in [0.2, 0.25) is 0 Å². The van der Waals surface area contributed by atoms with Crippen molar-refractivity contribution in [2.24, 2.45) is 0 Å². The lowest BCUT2D eigenvalue weighted by atomic mass is 10.3. The molecular formula is C13H11BrClNO3. The van der Waals surface area contributed by atoms with Crippen LogP contribution in [0.5, 0.6) is 0 Å². The Kier molecular flexibility index (Phi) is 4.50. The second kappa shape index (κ2) is 6.12. The average Bonchev–Trinajstić information content (AvgIpc) is 2.88. The van der Waals surface area contributed by atoms with Crippen LogP contribution in [0.3, 0.4) is 0 Å². The number of ether oxygens (including phenoxy) is 1. The summed E-state index contributed by atoms with van der Waals surface area (Å²) < 4.78 is 10.8. The number of rotatable bonds is 4. The largest absolute Gasteiger partial charge is 0.467 e. The summed E-state index contributed by atoms with van der Waals surface area (Å²) in [5.41, 5.74) is 1.17. The van der Waals surface area contributed by atoms with E-state index >= 15 is 0 Å². The minimum atomic E-state index is -0.421. The monoisotopic (exact) mass is 343 g/mol. The van der Waals surface area contributed by atoms with Crippen LogP contribution in [0.2, 0.25) is 5.02 Å². The first kappa shape index (κ1) is 14.0. The van der Waals surface area contributed by atoms with Gasteiger partial charge in [0.15, 0.2) is 0 Å². The highest BCUT2D eigenvalue weighted by atomic mass is 79.9. The molecule has 0 unspecified atom stereocenters. The minimum absolute atomic E-state index is 0.389.